The number of hydrogen-bond acceptors (Lipinski definition) is 2. The Morgan fingerprint density at radius 2 is 1.26 bits per heavy atom. The van der Waals surface area contributed by atoms with E-state index in [0.29, 0.717) is 5.92 Å². The van der Waals surface area contributed by atoms with E-state index >= 15 is 0 Å². The van der Waals surface area contributed by atoms with Crippen LogP contribution >= 0.6 is 0 Å². The summed E-state index contributed by atoms with van der Waals surface area (Å²) in [5, 5.41) is 0. The van der Waals surface area contributed by atoms with E-state index in [1.807, 2.05) is 0 Å². The lowest BCUT2D eigenvalue weighted by atomic mass is 9.70. The summed E-state index contributed by atoms with van der Waals surface area (Å²) in [7, 11) is 0. The molecule has 4 aromatic rings. The summed E-state index contributed by atoms with van der Waals surface area (Å²) < 4.78 is 0. The maximum atomic E-state index is 7.53. The minimum atomic E-state index is -0.380. The smallest absolute Gasteiger partial charge is 0.0479 e. The monoisotopic (exact) mass is 516 g/mol. The summed E-state index contributed by atoms with van der Waals surface area (Å²) in [6.07, 6.45) is 8.09. The van der Waals surface area contributed by atoms with Crippen molar-refractivity contribution in [1.29, 1.82) is 0 Å². The van der Waals surface area contributed by atoms with E-state index in [1.165, 1.54) is 52.6 Å². The molecule has 0 saturated carbocycles. The minimum absolute atomic E-state index is 0.380. The molecule has 4 aromatic carbocycles. The van der Waals surface area contributed by atoms with Gasteiger partial charge in [0.1, 0.15) is 0 Å². The normalized spacial score (nSPS) is 16.2. The third-order valence-electron chi connectivity index (χ3n) is 8.68. The third-order valence-corrected chi connectivity index (χ3v) is 8.68. The maximum Gasteiger partial charge on any atom is 0.0479 e. The highest BCUT2D eigenvalue weighted by Gasteiger charge is 2.38. The number of benzene rings is 4. The van der Waals surface area contributed by atoms with Gasteiger partial charge in [0, 0.05) is 12.1 Å². The number of likely N-dealkylation sites (tertiary alicyclic amines) is 1. The second-order valence-corrected chi connectivity index (χ2v) is 11.5. The fourth-order valence-electron chi connectivity index (χ4n) is 6.27. The molecule has 2 nitrogen and oxygen atoms in total. The molecular formula is C37H44N2. The van der Waals surface area contributed by atoms with Crippen molar-refractivity contribution in [3.05, 3.63) is 131 Å². The van der Waals surface area contributed by atoms with E-state index in [4.69, 9.17) is 5.73 Å². The molecule has 202 valence electrons. The Morgan fingerprint density at radius 1 is 0.667 bits per heavy atom. The molecule has 39 heavy (non-hydrogen) atoms. The van der Waals surface area contributed by atoms with E-state index < -0.39 is 0 Å². The van der Waals surface area contributed by atoms with Crippen molar-refractivity contribution in [1.82, 2.24) is 4.90 Å². The highest BCUT2D eigenvalue weighted by atomic mass is 15.1. The van der Waals surface area contributed by atoms with Crippen molar-refractivity contribution in [3.63, 3.8) is 0 Å². The molecule has 1 atom stereocenters. The van der Waals surface area contributed by atoms with Crippen LogP contribution in [0.25, 0.3) is 11.1 Å². The third kappa shape index (κ3) is 7.06. The average Bonchev–Trinajstić information content (AvgIpc) is 2.99. The van der Waals surface area contributed by atoms with Gasteiger partial charge in [-0.2, -0.15) is 0 Å². The predicted molar refractivity (Wildman–Crippen MR) is 166 cm³/mol. The molecule has 0 amide bonds. The fourth-order valence-corrected chi connectivity index (χ4v) is 6.27. The Balaban J connectivity index is 1.34. The van der Waals surface area contributed by atoms with Gasteiger partial charge in [0.05, 0.1) is 0 Å². The molecule has 1 aliphatic rings. The molecule has 1 unspecified atom stereocenters. The number of hydrogen-bond donors (Lipinski definition) is 1. The molecule has 1 saturated heterocycles. The van der Waals surface area contributed by atoms with Gasteiger partial charge in [-0.3, -0.25) is 4.90 Å². The number of unbranched alkanes of at least 4 members (excludes halogenated alkanes) is 2. The zero-order valence-corrected chi connectivity index (χ0v) is 23.6. The number of aryl methyl sites for hydroxylation is 1. The van der Waals surface area contributed by atoms with Gasteiger partial charge in [-0.05, 0) is 84.5 Å². The Hall–Kier alpha value is -3.20. The van der Waals surface area contributed by atoms with Crippen LogP contribution in [-0.4, -0.2) is 18.0 Å². The van der Waals surface area contributed by atoms with E-state index in [-0.39, 0.29) is 5.54 Å². The van der Waals surface area contributed by atoms with Crippen LogP contribution in [0.15, 0.2) is 109 Å². The number of nitrogens with two attached hydrogens (primary N) is 1. The van der Waals surface area contributed by atoms with Gasteiger partial charge in [-0.1, -0.05) is 129 Å². The van der Waals surface area contributed by atoms with Crippen LogP contribution in [0.1, 0.15) is 61.3 Å². The van der Waals surface area contributed by atoms with E-state index in [0.717, 1.165) is 45.3 Å². The van der Waals surface area contributed by atoms with Crippen LogP contribution < -0.4 is 5.73 Å². The number of nitrogens with zero attached hydrogens (tertiary/aromatic N) is 1. The Morgan fingerprint density at radius 3 is 1.90 bits per heavy atom. The predicted octanol–water partition coefficient (Wildman–Crippen LogP) is 8.40. The van der Waals surface area contributed by atoms with Crippen LogP contribution in [0.5, 0.6) is 0 Å². The fraction of sp³-hybridized carbons (Fsp3) is 0.351. The van der Waals surface area contributed by atoms with Crippen LogP contribution in [0, 0.1) is 5.92 Å². The standard InChI is InChI=1S/C37H44N2/c1-2-3-6-11-30-18-22-35(23-19-30)37(38,28-31-16-20-34(21-17-31)33-14-9-5-10-15-33)36-24-26-39(27-25-36)29-32-12-7-4-8-13-32/h4-5,7-10,12-23,36H,2-3,6,11,24-29,38H2,1H3. The van der Waals surface area contributed by atoms with Crippen molar-refractivity contribution >= 4 is 0 Å². The molecule has 0 aliphatic carbocycles. The quantitative estimate of drug-likeness (QED) is 0.203. The van der Waals surface area contributed by atoms with E-state index in [1.54, 1.807) is 0 Å². The molecule has 5 rings (SSSR count). The van der Waals surface area contributed by atoms with Crippen molar-refractivity contribution in [3.8, 4) is 11.1 Å². The minimum Gasteiger partial charge on any atom is -0.321 e. The first-order chi connectivity index (χ1) is 19.1. The molecular weight excluding hydrogens is 472 g/mol. The summed E-state index contributed by atoms with van der Waals surface area (Å²) >= 11 is 0. The molecule has 0 radical (unpaired) electrons. The second kappa shape index (κ2) is 13.2. The van der Waals surface area contributed by atoms with Gasteiger partial charge in [0.25, 0.3) is 0 Å². The summed E-state index contributed by atoms with van der Waals surface area (Å²) in [6.45, 7) is 5.49. The lowest BCUT2D eigenvalue weighted by Crippen LogP contribution is -2.50. The first-order valence-electron chi connectivity index (χ1n) is 14.9. The summed E-state index contributed by atoms with van der Waals surface area (Å²) in [4.78, 5) is 2.59. The first kappa shape index (κ1) is 27.4. The van der Waals surface area contributed by atoms with Gasteiger partial charge in [0.15, 0.2) is 0 Å². The lowest BCUT2D eigenvalue weighted by Gasteiger charge is -2.43. The SMILES string of the molecule is CCCCCc1ccc(C(N)(Cc2ccc(-c3ccccc3)cc2)C2CCN(Cc3ccccc3)CC2)cc1. The molecule has 0 aromatic heterocycles. The molecule has 1 fully saturated rings. The summed E-state index contributed by atoms with van der Waals surface area (Å²) in [5.41, 5.74) is 15.1. The Bertz CT molecular complexity index is 1260. The molecule has 2 N–H and O–H groups in total. The second-order valence-electron chi connectivity index (χ2n) is 11.5. The Kier molecular flexibility index (Phi) is 9.29. The van der Waals surface area contributed by atoms with Crippen molar-refractivity contribution in [2.45, 2.75) is 64.0 Å². The number of piperidine rings is 1. The zero-order chi connectivity index (χ0) is 26.9. The highest BCUT2D eigenvalue weighted by molar-refractivity contribution is 5.63. The molecule has 2 heteroatoms. The van der Waals surface area contributed by atoms with Gasteiger partial charge < -0.3 is 5.73 Å². The van der Waals surface area contributed by atoms with E-state index in [2.05, 4.69) is 121 Å². The van der Waals surface area contributed by atoms with Crippen LogP contribution in [0.3, 0.4) is 0 Å². The molecule has 0 spiro atoms. The maximum absolute atomic E-state index is 7.53. The molecule has 1 heterocycles. The van der Waals surface area contributed by atoms with Crippen LogP contribution in [-0.2, 0) is 24.9 Å². The molecule has 0 bridgehead atoms. The van der Waals surface area contributed by atoms with Crippen LogP contribution in [0.4, 0.5) is 0 Å². The first-order valence-corrected chi connectivity index (χ1v) is 14.9. The Labute approximate surface area is 235 Å². The molecule has 1 aliphatic heterocycles. The van der Waals surface area contributed by atoms with Gasteiger partial charge in [-0.15, -0.1) is 0 Å². The van der Waals surface area contributed by atoms with Crippen molar-refractivity contribution in [2.75, 3.05) is 13.1 Å². The van der Waals surface area contributed by atoms with Crippen molar-refractivity contribution < 1.29 is 0 Å². The largest absolute Gasteiger partial charge is 0.321 e. The summed E-state index contributed by atoms with van der Waals surface area (Å²) in [5.74, 6) is 0.448. The van der Waals surface area contributed by atoms with E-state index in [9.17, 15) is 0 Å². The number of rotatable bonds is 11. The average molecular weight is 517 g/mol. The van der Waals surface area contributed by atoms with Gasteiger partial charge in [-0.25, -0.2) is 0 Å². The van der Waals surface area contributed by atoms with Gasteiger partial charge >= 0.3 is 0 Å². The zero-order valence-electron chi connectivity index (χ0n) is 23.6. The van der Waals surface area contributed by atoms with Crippen LogP contribution in [0.2, 0.25) is 0 Å². The van der Waals surface area contributed by atoms with Gasteiger partial charge in [0.2, 0.25) is 0 Å². The van der Waals surface area contributed by atoms with Crippen molar-refractivity contribution in [2.24, 2.45) is 11.7 Å². The topological polar surface area (TPSA) is 29.3 Å². The lowest BCUT2D eigenvalue weighted by molar-refractivity contribution is 0.122. The highest BCUT2D eigenvalue weighted by Crippen LogP contribution is 2.38. The summed E-state index contributed by atoms with van der Waals surface area (Å²) in [6, 6.07) is 39.9.